The van der Waals surface area contributed by atoms with E-state index in [4.69, 9.17) is 16.0 Å². The van der Waals surface area contributed by atoms with Crippen LogP contribution < -0.4 is 5.32 Å². The highest BCUT2D eigenvalue weighted by Gasteiger charge is 2.15. The molecule has 0 bridgehead atoms. The van der Waals surface area contributed by atoms with Gasteiger partial charge in [0.1, 0.15) is 0 Å². The normalized spacial score (nSPS) is 10.3. The average Bonchev–Trinajstić information content (AvgIpc) is 3.00. The molecule has 0 unspecified atom stereocenters. The summed E-state index contributed by atoms with van der Waals surface area (Å²) in [6.45, 7) is 0. The van der Waals surface area contributed by atoms with Crippen molar-refractivity contribution >= 4 is 23.2 Å². The van der Waals surface area contributed by atoms with Crippen molar-refractivity contribution in [1.29, 1.82) is 0 Å². The van der Waals surface area contributed by atoms with E-state index >= 15 is 0 Å². The number of amides is 1. The van der Waals surface area contributed by atoms with Gasteiger partial charge in [-0.2, -0.15) is 0 Å². The predicted octanol–water partition coefficient (Wildman–Crippen LogP) is 3.64. The van der Waals surface area contributed by atoms with Crippen LogP contribution in [-0.4, -0.2) is 16.1 Å². The van der Waals surface area contributed by atoms with Gasteiger partial charge in [0.05, 0.1) is 0 Å². The summed E-state index contributed by atoms with van der Waals surface area (Å²) < 4.78 is 5.37. The number of anilines is 1. The Morgan fingerprint density at radius 1 is 1.00 bits per heavy atom. The van der Waals surface area contributed by atoms with E-state index in [9.17, 15) is 4.79 Å². The fraction of sp³-hybridized carbons (Fsp3) is 0. The molecule has 1 aromatic heterocycles. The molecule has 1 N–H and O–H groups in total. The summed E-state index contributed by atoms with van der Waals surface area (Å²) >= 11 is 5.78. The minimum absolute atomic E-state index is 0.0937. The van der Waals surface area contributed by atoms with Crippen molar-refractivity contribution in [2.75, 3.05) is 5.32 Å². The smallest absolute Gasteiger partial charge is 0.313 e. The number of benzene rings is 2. The molecule has 0 aliphatic heterocycles. The number of rotatable bonds is 3. The van der Waals surface area contributed by atoms with Gasteiger partial charge in [-0.05, 0) is 36.4 Å². The summed E-state index contributed by atoms with van der Waals surface area (Å²) in [5.74, 6) is -0.257. The summed E-state index contributed by atoms with van der Waals surface area (Å²) in [6.07, 6.45) is 0. The van der Waals surface area contributed by atoms with Crippen LogP contribution in [0.3, 0.4) is 0 Å². The fourth-order valence-corrected chi connectivity index (χ4v) is 1.86. The molecule has 0 aliphatic carbocycles. The number of carbonyl (C=O) groups is 1. The molecule has 6 heteroatoms. The Balaban J connectivity index is 1.77. The van der Waals surface area contributed by atoms with Crippen LogP contribution in [0.1, 0.15) is 10.7 Å². The molecular weight excluding hydrogens is 290 g/mol. The maximum absolute atomic E-state index is 12.0. The topological polar surface area (TPSA) is 68.0 Å². The molecule has 5 nitrogen and oxygen atoms in total. The van der Waals surface area contributed by atoms with Crippen molar-refractivity contribution in [2.45, 2.75) is 0 Å². The summed E-state index contributed by atoms with van der Waals surface area (Å²) in [5, 5.41) is 10.9. The molecule has 0 spiro atoms. The van der Waals surface area contributed by atoms with Crippen molar-refractivity contribution in [3.05, 3.63) is 65.5 Å². The Hall–Kier alpha value is -2.66. The van der Waals surface area contributed by atoms with Gasteiger partial charge in [-0.1, -0.05) is 29.8 Å². The van der Waals surface area contributed by atoms with E-state index in [0.29, 0.717) is 16.6 Å². The van der Waals surface area contributed by atoms with E-state index in [-0.39, 0.29) is 5.89 Å². The Morgan fingerprint density at radius 3 is 2.43 bits per heavy atom. The quantitative estimate of drug-likeness (QED) is 0.801. The lowest BCUT2D eigenvalue weighted by Gasteiger charge is -2.01. The van der Waals surface area contributed by atoms with Crippen LogP contribution >= 0.6 is 11.6 Å². The molecule has 21 heavy (non-hydrogen) atoms. The van der Waals surface area contributed by atoms with Gasteiger partial charge in [0.2, 0.25) is 5.89 Å². The van der Waals surface area contributed by atoms with Crippen molar-refractivity contribution in [1.82, 2.24) is 10.2 Å². The molecular formula is C15H10ClN3O2. The number of aromatic nitrogens is 2. The first-order valence-corrected chi connectivity index (χ1v) is 6.56. The Bertz CT molecular complexity index is 754. The number of carbonyl (C=O) groups excluding carboxylic acids is 1. The minimum atomic E-state index is -0.466. The zero-order chi connectivity index (χ0) is 14.7. The highest BCUT2D eigenvalue weighted by atomic mass is 35.5. The first kappa shape index (κ1) is 13.3. The second-order valence-corrected chi connectivity index (χ2v) is 4.68. The SMILES string of the molecule is O=C(Nc1ccc(Cl)cc1)c1nnc(-c2ccccc2)o1. The molecule has 1 heterocycles. The third-order valence-corrected chi connectivity index (χ3v) is 2.99. The fourth-order valence-electron chi connectivity index (χ4n) is 1.73. The molecule has 0 atom stereocenters. The van der Waals surface area contributed by atoms with Crippen LogP contribution in [0.5, 0.6) is 0 Å². The molecule has 104 valence electrons. The molecule has 0 aliphatic rings. The van der Waals surface area contributed by atoms with Gasteiger partial charge in [-0.25, -0.2) is 0 Å². The first-order chi connectivity index (χ1) is 10.2. The molecule has 3 aromatic rings. The molecule has 0 saturated heterocycles. The second-order valence-electron chi connectivity index (χ2n) is 4.24. The van der Waals surface area contributed by atoms with E-state index in [0.717, 1.165) is 5.56 Å². The highest BCUT2D eigenvalue weighted by Crippen LogP contribution is 2.18. The maximum atomic E-state index is 12.0. The largest absolute Gasteiger partial charge is 0.412 e. The molecule has 0 fully saturated rings. The van der Waals surface area contributed by atoms with Crippen LogP contribution in [0, 0.1) is 0 Å². The minimum Gasteiger partial charge on any atom is -0.412 e. The standard InChI is InChI=1S/C15H10ClN3O2/c16-11-6-8-12(9-7-11)17-13(20)15-19-18-14(21-15)10-4-2-1-3-5-10/h1-9H,(H,17,20). The van der Waals surface area contributed by atoms with Gasteiger partial charge >= 0.3 is 11.8 Å². The third-order valence-electron chi connectivity index (χ3n) is 2.74. The number of hydrogen-bond donors (Lipinski definition) is 1. The Labute approximate surface area is 125 Å². The van der Waals surface area contributed by atoms with Crippen molar-refractivity contribution in [3.8, 4) is 11.5 Å². The Kier molecular flexibility index (Phi) is 3.66. The summed E-state index contributed by atoms with van der Waals surface area (Å²) in [6, 6.07) is 16.0. The number of halogens is 1. The Morgan fingerprint density at radius 2 is 1.71 bits per heavy atom. The monoisotopic (exact) mass is 299 g/mol. The zero-order valence-electron chi connectivity index (χ0n) is 10.8. The van der Waals surface area contributed by atoms with Crippen LogP contribution in [0.25, 0.3) is 11.5 Å². The van der Waals surface area contributed by atoms with Gasteiger partial charge in [-0.15, -0.1) is 10.2 Å². The van der Waals surface area contributed by atoms with Crippen LogP contribution in [0.2, 0.25) is 5.02 Å². The summed E-state index contributed by atoms with van der Waals surface area (Å²) in [5.41, 5.74) is 1.36. The van der Waals surface area contributed by atoms with E-state index in [1.165, 1.54) is 0 Å². The van der Waals surface area contributed by atoms with E-state index in [2.05, 4.69) is 15.5 Å². The van der Waals surface area contributed by atoms with E-state index in [1.54, 1.807) is 24.3 Å². The highest BCUT2D eigenvalue weighted by molar-refractivity contribution is 6.30. The van der Waals surface area contributed by atoms with Crippen molar-refractivity contribution in [3.63, 3.8) is 0 Å². The van der Waals surface area contributed by atoms with Gasteiger partial charge in [0, 0.05) is 16.3 Å². The van der Waals surface area contributed by atoms with Crippen LogP contribution in [0.15, 0.2) is 59.0 Å². The van der Waals surface area contributed by atoms with Crippen LogP contribution in [-0.2, 0) is 0 Å². The predicted molar refractivity (Wildman–Crippen MR) is 79.1 cm³/mol. The van der Waals surface area contributed by atoms with Crippen LogP contribution in [0.4, 0.5) is 5.69 Å². The zero-order valence-corrected chi connectivity index (χ0v) is 11.5. The molecule has 1 amide bonds. The van der Waals surface area contributed by atoms with Gasteiger partial charge < -0.3 is 9.73 Å². The van der Waals surface area contributed by atoms with Crippen molar-refractivity contribution in [2.24, 2.45) is 0 Å². The van der Waals surface area contributed by atoms with Crippen molar-refractivity contribution < 1.29 is 9.21 Å². The first-order valence-electron chi connectivity index (χ1n) is 6.18. The van der Waals surface area contributed by atoms with Gasteiger partial charge in [-0.3, -0.25) is 4.79 Å². The lowest BCUT2D eigenvalue weighted by molar-refractivity contribution is 0.0991. The number of hydrogen-bond acceptors (Lipinski definition) is 4. The molecule has 0 saturated carbocycles. The van der Waals surface area contributed by atoms with Gasteiger partial charge in [0.15, 0.2) is 0 Å². The third kappa shape index (κ3) is 3.09. The number of nitrogens with zero attached hydrogens (tertiary/aromatic N) is 2. The second kappa shape index (κ2) is 5.76. The lowest BCUT2D eigenvalue weighted by atomic mass is 10.2. The molecule has 3 rings (SSSR count). The molecule has 2 aromatic carbocycles. The van der Waals surface area contributed by atoms with E-state index in [1.807, 2.05) is 30.3 Å². The number of nitrogens with one attached hydrogen (secondary N) is 1. The van der Waals surface area contributed by atoms with E-state index < -0.39 is 5.91 Å². The average molecular weight is 300 g/mol. The lowest BCUT2D eigenvalue weighted by Crippen LogP contribution is -2.12. The van der Waals surface area contributed by atoms with Gasteiger partial charge in [0.25, 0.3) is 0 Å². The maximum Gasteiger partial charge on any atom is 0.313 e. The molecule has 0 radical (unpaired) electrons. The summed E-state index contributed by atoms with van der Waals surface area (Å²) in [7, 11) is 0. The summed E-state index contributed by atoms with van der Waals surface area (Å²) in [4.78, 5) is 12.0.